The smallest absolute Gasteiger partial charge is 0.0722 e. The van der Waals surface area contributed by atoms with Crippen molar-refractivity contribution in [2.24, 2.45) is 0 Å². The average Bonchev–Trinajstić information content (AvgIpc) is 2.39. The van der Waals surface area contributed by atoms with Gasteiger partial charge >= 0.3 is 0 Å². The molecule has 2 rings (SSSR count). The van der Waals surface area contributed by atoms with Crippen LogP contribution in [0.4, 0.5) is 5.69 Å². The molecule has 0 fully saturated rings. The number of nitrogens with zero attached hydrogens (tertiary/aromatic N) is 1. The number of para-hydroxylation sites is 1. The molecule has 90 valence electrons. The number of anilines is 1. The van der Waals surface area contributed by atoms with Gasteiger partial charge in [-0.05, 0) is 25.0 Å². The van der Waals surface area contributed by atoms with Crippen molar-refractivity contribution in [3.8, 4) is 0 Å². The van der Waals surface area contributed by atoms with Crippen molar-refractivity contribution in [1.82, 2.24) is 4.98 Å². The molecule has 0 spiro atoms. The zero-order valence-electron chi connectivity index (χ0n) is 10.1. The number of rotatable bonds is 5. The SMILES string of the molecule is CCC(O)CCNc1ccnc2ccccc12. The second-order valence-corrected chi connectivity index (χ2v) is 4.15. The third-order valence-corrected chi connectivity index (χ3v) is 2.91. The van der Waals surface area contributed by atoms with Crippen LogP contribution >= 0.6 is 0 Å². The quantitative estimate of drug-likeness (QED) is 0.830. The first-order chi connectivity index (χ1) is 8.31. The van der Waals surface area contributed by atoms with E-state index in [0.29, 0.717) is 0 Å². The molecule has 2 N–H and O–H groups in total. The molecule has 3 nitrogen and oxygen atoms in total. The number of nitrogens with one attached hydrogen (secondary N) is 1. The highest BCUT2D eigenvalue weighted by Gasteiger charge is 2.02. The second-order valence-electron chi connectivity index (χ2n) is 4.15. The molecule has 1 unspecified atom stereocenters. The summed E-state index contributed by atoms with van der Waals surface area (Å²) in [5.41, 5.74) is 2.08. The summed E-state index contributed by atoms with van der Waals surface area (Å²) < 4.78 is 0. The Morgan fingerprint density at radius 2 is 2.12 bits per heavy atom. The second kappa shape index (κ2) is 5.64. The lowest BCUT2D eigenvalue weighted by atomic mass is 10.1. The molecule has 1 aromatic carbocycles. The van der Waals surface area contributed by atoms with Crippen molar-refractivity contribution in [2.75, 3.05) is 11.9 Å². The molecule has 1 aromatic heterocycles. The molecule has 1 heterocycles. The van der Waals surface area contributed by atoms with E-state index in [0.717, 1.165) is 36.0 Å². The van der Waals surface area contributed by atoms with Crippen LogP contribution in [0.2, 0.25) is 0 Å². The number of fused-ring (bicyclic) bond motifs is 1. The fourth-order valence-electron chi connectivity index (χ4n) is 1.83. The third-order valence-electron chi connectivity index (χ3n) is 2.91. The van der Waals surface area contributed by atoms with Crippen LogP contribution in [0.15, 0.2) is 36.5 Å². The highest BCUT2D eigenvalue weighted by molar-refractivity contribution is 5.90. The highest BCUT2D eigenvalue weighted by Crippen LogP contribution is 2.20. The average molecular weight is 230 g/mol. The van der Waals surface area contributed by atoms with Gasteiger partial charge in [0.05, 0.1) is 11.6 Å². The molecule has 0 radical (unpaired) electrons. The largest absolute Gasteiger partial charge is 0.393 e. The lowest BCUT2D eigenvalue weighted by Gasteiger charge is -2.11. The Bertz CT molecular complexity index is 479. The van der Waals surface area contributed by atoms with Crippen molar-refractivity contribution < 1.29 is 5.11 Å². The fourth-order valence-corrected chi connectivity index (χ4v) is 1.83. The Morgan fingerprint density at radius 1 is 1.29 bits per heavy atom. The molecule has 17 heavy (non-hydrogen) atoms. The minimum atomic E-state index is -0.212. The van der Waals surface area contributed by atoms with Gasteiger partial charge in [-0.25, -0.2) is 0 Å². The lowest BCUT2D eigenvalue weighted by molar-refractivity contribution is 0.164. The zero-order valence-corrected chi connectivity index (χ0v) is 10.1. The highest BCUT2D eigenvalue weighted by atomic mass is 16.3. The van der Waals surface area contributed by atoms with Gasteiger partial charge < -0.3 is 10.4 Å². The monoisotopic (exact) mass is 230 g/mol. The van der Waals surface area contributed by atoms with E-state index in [9.17, 15) is 5.11 Å². The predicted octanol–water partition coefficient (Wildman–Crippen LogP) is 2.81. The lowest BCUT2D eigenvalue weighted by Crippen LogP contribution is -2.12. The molecule has 0 saturated heterocycles. The van der Waals surface area contributed by atoms with Crippen molar-refractivity contribution in [1.29, 1.82) is 0 Å². The third kappa shape index (κ3) is 2.94. The van der Waals surface area contributed by atoms with Gasteiger partial charge in [0.15, 0.2) is 0 Å². The van der Waals surface area contributed by atoms with Crippen LogP contribution in [0.5, 0.6) is 0 Å². The Labute approximate surface area is 102 Å². The topological polar surface area (TPSA) is 45.1 Å². The van der Waals surface area contributed by atoms with Gasteiger partial charge in [0.25, 0.3) is 0 Å². The van der Waals surface area contributed by atoms with E-state index in [1.807, 2.05) is 31.2 Å². The molecule has 0 aliphatic heterocycles. The van der Waals surface area contributed by atoms with Crippen molar-refractivity contribution in [3.05, 3.63) is 36.5 Å². The van der Waals surface area contributed by atoms with Crippen molar-refractivity contribution in [2.45, 2.75) is 25.9 Å². The van der Waals surface area contributed by atoms with E-state index in [2.05, 4.69) is 16.4 Å². The Morgan fingerprint density at radius 3 is 2.94 bits per heavy atom. The molecule has 0 amide bonds. The number of hydrogen-bond donors (Lipinski definition) is 2. The molecule has 3 heteroatoms. The van der Waals surface area contributed by atoms with E-state index in [-0.39, 0.29) is 6.10 Å². The minimum Gasteiger partial charge on any atom is -0.393 e. The number of hydrogen-bond acceptors (Lipinski definition) is 3. The predicted molar refractivity (Wildman–Crippen MR) is 71.1 cm³/mol. The maximum absolute atomic E-state index is 9.50. The fraction of sp³-hybridized carbons (Fsp3) is 0.357. The van der Waals surface area contributed by atoms with Crippen LogP contribution in [-0.4, -0.2) is 22.7 Å². The molecule has 2 aromatic rings. The van der Waals surface area contributed by atoms with Gasteiger partial charge in [0.2, 0.25) is 0 Å². The van der Waals surface area contributed by atoms with E-state index >= 15 is 0 Å². The molecular formula is C14H18N2O. The summed E-state index contributed by atoms with van der Waals surface area (Å²) in [5, 5.41) is 14.0. The molecule has 0 aliphatic rings. The van der Waals surface area contributed by atoms with Crippen molar-refractivity contribution >= 4 is 16.6 Å². The molecule has 1 atom stereocenters. The summed E-state index contributed by atoms with van der Waals surface area (Å²) in [6, 6.07) is 10.0. The molecule has 0 bridgehead atoms. The van der Waals surface area contributed by atoms with Crippen LogP contribution in [0.3, 0.4) is 0 Å². The van der Waals surface area contributed by atoms with Crippen LogP contribution in [0.1, 0.15) is 19.8 Å². The molecular weight excluding hydrogens is 212 g/mol. The maximum Gasteiger partial charge on any atom is 0.0722 e. The molecule has 0 aliphatic carbocycles. The van der Waals surface area contributed by atoms with E-state index in [1.165, 1.54) is 0 Å². The first-order valence-corrected chi connectivity index (χ1v) is 6.07. The Balaban J connectivity index is 2.08. The summed E-state index contributed by atoms with van der Waals surface area (Å²) in [7, 11) is 0. The number of aliphatic hydroxyl groups is 1. The minimum absolute atomic E-state index is 0.212. The van der Waals surface area contributed by atoms with Gasteiger partial charge in [0, 0.05) is 23.8 Å². The standard InChI is InChI=1S/C14H18N2O/c1-2-11(17)7-9-15-14-8-10-16-13-6-4-3-5-12(13)14/h3-6,8,10-11,17H,2,7,9H2,1H3,(H,15,16). The van der Waals surface area contributed by atoms with Crippen LogP contribution < -0.4 is 5.32 Å². The van der Waals surface area contributed by atoms with E-state index in [1.54, 1.807) is 6.20 Å². The van der Waals surface area contributed by atoms with E-state index < -0.39 is 0 Å². The van der Waals surface area contributed by atoms with E-state index in [4.69, 9.17) is 0 Å². The van der Waals surface area contributed by atoms with Gasteiger partial charge in [-0.3, -0.25) is 4.98 Å². The van der Waals surface area contributed by atoms with Gasteiger partial charge in [0.1, 0.15) is 0 Å². The number of aliphatic hydroxyl groups excluding tert-OH is 1. The number of aromatic nitrogens is 1. The Kier molecular flexibility index (Phi) is 3.94. The number of benzene rings is 1. The molecule has 0 saturated carbocycles. The van der Waals surface area contributed by atoms with Gasteiger partial charge in [-0.1, -0.05) is 25.1 Å². The van der Waals surface area contributed by atoms with Crippen LogP contribution in [0, 0.1) is 0 Å². The summed E-state index contributed by atoms with van der Waals surface area (Å²) in [4.78, 5) is 4.31. The first-order valence-electron chi connectivity index (χ1n) is 6.07. The van der Waals surface area contributed by atoms with Gasteiger partial charge in [-0.2, -0.15) is 0 Å². The summed E-state index contributed by atoms with van der Waals surface area (Å²) in [5.74, 6) is 0. The summed E-state index contributed by atoms with van der Waals surface area (Å²) in [6.07, 6.45) is 3.17. The van der Waals surface area contributed by atoms with Crippen LogP contribution in [-0.2, 0) is 0 Å². The van der Waals surface area contributed by atoms with Gasteiger partial charge in [-0.15, -0.1) is 0 Å². The summed E-state index contributed by atoms with van der Waals surface area (Å²) in [6.45, 7) is 2.77. The summed E-state index contributed by atoms with van der Waals surface area (Å²) >= 11 is 0. The Hall–Kier alpha value is -1.61. The first kappa shape index (κ1) is 11.9. The number of pyridine rings is 1. The van der Waals surface area contributed by atoms with Crippen molar-refractivity contribution in [3.63, 3.8) is 0 Å². The maximum atomic E-state index is 9.50. The normalized spacial score (nSPS) is 12.6. The zero-order chi connectivity index (χ0) is 12.1. The van der Waals surface area contributed by atoms with Crippen LogP contribution in [0.25, 0.3) is 10.9 Å².